The van der Waals surface area contributed by atoms with Crippen LogP contribution in [0, 0.1) is 11.3 Å². The van der Waals surface area contributed by atoms with Crippen molar-refractivity contribution in [1.29, 1.82) is 0 Å². The fraction of sp³-hybridized carbons (Fsp3) is 0.455. The summed E-state index contributed by atoms with van der Waals surface area (Å²) in [5.41, 5.74) is 4.29. The smallest absolute Gasteiger partial charge is 0.387 e. The summed E-state index contributed by atoms with van der Waals surface area (Å²) in [5.74, 6) is 1.88. The van der Waals surface area contributed by atoms with Crippen LogP contribution < -0.4 is 11.4 Å². The van der Waals surface area contributed by atoms with Crippen molar-refractivity contribution in [3.05, 3.63) is 22.7 Å². The zero-order valence-corrected chi connectivity index (χ0v) is 19.2. The number of aliphatic hydroxyl groups excluding tert-OH is 1. The Bertz CT molecular complexity index is 1220. The van der Waals surface area contributed by atoms with Crippen molar-refractivity contribution in [2.75, 3.05) is 12.3 Å². The van der Waals surface area contributed by atoms with Crippen molar-refractivity contribution < 1.29 is 59.0 Å². The SMILES string of the molecule is [2H]C([2H])(OP(=O)(O)OP(=O)(O)OP(=O)(O)O)[C@H]1O[C@@H](n2ccc(N)nc2=O)C(Cl)(C#CCl)[C@H]1O. The lowest BCUT2D eigenvalue weighted by molar-refractivity contribution is -0.0455. The lowest BCUT2D eigenvalue weighted by Crippen LogP contribution is -2.43. The van der Waals surface area contributed by atoms with Crippen molar-refractivity contribution in [2.45, 2.75) is 23.3 Å². The number of rotatable bonds is 8. The van der Waals surface area contributed by atoms with E-state index in [0.29, 0.717) is 4.57 Å². The van der Waals surface area contributed by atoms with E-state index in [1.165, 1.54) is 0 Å². The van der Waals surface area contributed by atoms with Crippen molar-refractivity contribution in [1.82, 2.24) is 9.55 Å². The molecule has 0 amide bonds. The molecule has 3 unspecified atom stereocenters. The van der Waals surface area contributed by atoms with E-state index >= 15 is 0 Å². The number of nitrogens with zero attached hydrogens (tertiary/aromatic N) is 2. The minimum absolute atomic E-state index is 0.220. The van der Waals surface area contributed by atoms with E-state index in [9.17, 15) is 33.4 Å². The predicted octanol–water partition coefficient (Wildman–Crippen LogP) is -0.396. The summed E-state index contributed by atoms with van der Waals surface area (Å²) >= 11 is 11.6. The Morgan fingerprint density at radius 3 is 2.47 bits per heavy atom. The zero-order chi connectivity index (χ0) is 26.3. The highest BCUT2D eigenvalue weighted by molar-refractivity contribution is 7.66. The van der Waals surface area contributed by atoms with Gasteiger partial charge in [0.1, 0.15) is 18.0 Å². The summed E-state index contributed by atoms with van der Waals surface area (Å²) in [6.07, 6.45) is -5.48. The van der Waals surface area contributed by atoms with E-state index in [1.807, 2.05) is 5.38 Å². The number of alkyl halides is 1. The molecule has 2 rings (SSSR count). The minimum atomic E-state index is -6.02. The van der Waals surface area contributed by atoms with Crippen LogP contribution in [0.3, 0.4) is 0 Å². The van der Waals surface area contributed by atoms with Crippen molar-refractivity contribution in [2.24, 2.45) is 0 Å². The van der Waals surface area contributed by atoms with Gasteiger partial charge in [-0.3, -0.25) is 9.09 Å². The van der Waals surface area contributed by atoms with Gasteiger partial charge in [0.25, 0.3) is 0 Å². The van der Waals surface area contributed by atoms with Gasteiger partial charge in [-0.2, -0.15) is 13.6 Å². The second-order valence-corrected chi connectivity index (χ2v) is 10.8. The summed E-state index contributed by atoms with van der Waals surface area (Å²) in [6.45, 7) is -3.61. The molecule has 1 fully saturated rings. The van der Waals surface area contributed by atoms with Crippen LogP contribution in [0.1, 0.15) is 8.97 Å². The third-order valence-corrected chi connectivity index (χ3v) is 7.66. The average Bonchev–Trinajstić information content (AvgIpc) is 2.83. The van der Waals surface area contributed by atoms with Crippen LogP contribution in [0.25, 0.3) is 0 Å². The summed E-state index contributed by atoms with van der Waals surface area (Å²) < 4.78 is 66.9. The Hall–Kier alpha value is -0.850. The number of nitrogens with two attached hydrogens (primary N) is 1. The van der Waals surface area contributed by atoms with Gasteiger partial charge in [-0.25, -0.2) is 18.5 Å². The van der Waals surface area contributed by atoms with E-state index < -0.39 is 59.0 Å². The molecule has 1 aromatic rings. The predicted molar refractivity (Wildman–Crippen MR) is 105 cm³/mol. The van der Waals surface area contributed by atoms with Crippen LogP contribution in [0.2, 0.25) is 0 Å². The van der Waals surface area contributed by atoms with E-state index in [1.54, 1.807) is 0 Å². The van der Waals surface area contributed by atoms with Gasteiger partial charge in [-0.05, 0) is 17.7 Å². The van der Waals surface area contributed by atoms with Gasteiger partial charge >= 0.3 is 29.2 Å². The highest BCUT2D eigenvalue weighted by Crippen LogP contribution is 2.66. The third-order valence-electron chi connectivity index (χ3n) is 3.40. The number of nitrogen functional groups attached to an aromatic ring is 1. The van der Waals surface area contributed by atoms with E-state index in [4.69, 9.17) is 46.2 Å². The Morgan fingerprint density at radius 2 is 1.94 bits per heavy atom. The first-order chi connectivity index (χ1) is 15.2. The Kier molecular flexibility index (Phi) is 7.43. The summed E-state index contributed by atoms with van der Waals surface area (Å²) in [7, 11) is -17.7. The first-order valence-electron chi connectivity index (χ1n) is 8.57. The maximum atomic E-state index is 12.2. The number of anilines is 1. The quantitative estimate of drug-likeness (QED) is 0.134. The fourth-order valence-electron chi connectivity index (χ4n) is 2.27. The second-order valence-electron chi connectivity index (χ2n) is 5.68. The standard InChI is InChI=1S/C11H14Cl2N3O13P3/c12-3-2-11(13)8(17)6(27-9(11)16-4-1-7(14)15-10(16)18)5-26-31(22,23)29-32(24,25)28-30(19,20)21/h1,4,6,8-9,17H,5H2,(H,22,23)(H,24,25)(H2,14,15,18)(H2,19,20,21)/t6-,8+,9-,11?/m1/s1/i5D2. The molecule has 0 bridgehead atoms. The molecule has 1 saturated heterocycles. The maximum absolute atomic E-state index is 12.2. The third kappa shape index (κ3) is 6.83. The molecule has 21 heteroatoms. The summed E-state index contributed by atoms with van der Waals surface area (Å²) in [6, 6.07) is 1.11. The molecule has 1 aromatic heterocycles. The zero-order valence-electron chi connectivity index (χ0n) is 17.0. The molecule has 7 N–H and O–H groups in total. The van der Waals surface area contributed by atoms with E-state index in [-0.39, 0.29) is 5.82 Å². The van der Waals surface area contributed by atoms with Crippen LogP contribution >= 0.6 is 46.7 Å². The molecular weight excluding hydrogens is 546 g/mol. The number of ether oxygens (including phenoxy) is 1. The largest absolute Gasteiger partial charge is 0.490 e. The number of phosphoric acid groups is 3. The van der Waals surface area contributed by atoms with Crippen LogP contribution in [0.4, 0.5) is 5.82 Å². The molecule has 32 heavy (non-hydrogen) atoms. The average molecular weight is 562 g/mol. The minimum Gasteiger partial charge on any atom is -0.387 e. The van der Waals surface area contributed by atoms with Gasteiger partial charge in [0, 0.05) is 11.6 Å². The molecule has 0 spiro atoms. The van der Waals surface area contributed by atoms with Gasteiger partial charge in [-0.15, -0.1) is 0 Å². The maximum Gasteiger partial charge on any atom is 0.490 e. The van der Waals surface area contributed by atoms with Crippen molar-refractivity contribution >= 4 is 52.5 Å². The van der Waals surface area contributed by atoms with Gasteiger partial charge in [0.05, 0.1) is 9.30 Å². The lowest BCUT2D eigenvalue weighted by Gasteiger charge is -2.25. The lowest BCUT2D eigenvalue weighted by atomic mass is 9.99. The molecule has 0 aromatic carbocycles. The number of hydrogen-bond acceptors (Lipinski definition) is 11. The monoisotopic (exact) mass is 561 g/mol. The van der Waals surface area contributed by atoms with Gasteiger partial charge in [-0.1, -0.05) is 17.5 Å². The molecular formula is C11H14Cl2N3O13P3. The first kappa shape index (κ1) is 24.3. The first-order valence-corrected chi connectivity index (χ1v) is 12.9. The molecule has 16 nitrogen and oxygen atoms in total. The van der Waals surface area contributed by atoms with Crippen LogP contribution in [0.5, 0.6) is 0 Å². The van der Waals surface area contributed by atoms with Gasteiger partial charge < -0.3 is 35.2 Å². The molecule has 0 radical (unpaired) electrons. The normalized spacial score (nSPS) is 30.9. The van der Waals surface area contributed by atoms with Gasteiger partial charge in [0.15, 0.2) is 11.1 Å². The number of aliphatic hydroxyl groups is 1. The van der Waals surface area contributed by atoms with Crippen LogP contribution in [-0.2, 0) is 31.6 Å². The van der Waals surface area contributed by atoms with Crippen molar-refractivity contribution in [3.8, 4) is 11.3 Å². The van der Waals surface area contributed by atoms with Crippen LogP contribution in [-0.4, -0.2) is 57.9 Å². The molecule has 180 valence electrons. The topological polar surface area (TPSA) is 250 Å². The Balaban J connectivity index is 2.40. The summed E-state index contributed by atoms with van der Waals surface area (Å²) in [5, 5.41) is 12.4. The number of hydrogen-bond donors (Lipinski definition) is 6. The molecule has 1 aliphatic rings. The highest BCUT2D eigenvalue weighted by Gasteiger charge is 2.56. The Morgan fingerprint density at radius 1 is 1.31 bits per heavy atom. The fourth-order valence-corrected chi connectivity index (χ4v) is 5.67. The molecule has 2 heterocycles. The number of aromatic nitrogens is 2. The van der Waals surface area contributed by atoms with Crippen molar-refractivity contribution in [3.63, 3.8) is 0 Å². The second kappa shape index (κ2) is 9.79. The van der Waals surface area contributed by atoms with Gasteiger partial charge in [0.2, 0.25) is 0 Å². The molecule has 0 aliphatic carbocycles. The molecule has 0 saturated carbocycles. The highest BCUT2D eigenvalue weighted by atomic mass is 35.5. The molecule has 1 aliphatic heterocycles. The van der Waals surface area contributed by atoms with E-state index in [2.05, 4.69) is 24.0 Å². The Labute approximate surface area is 191 Å². The van der Waals surface area contributed by atoms with Crippen LogP contribution in [0.15, 0.2) is 17.1 Å². The number of phosphoric ester groups is 1. The van der Waals surface area contributed by atoms with E-state index in [0.717, 1.165) is 12.3 Å². The summed E-state index contributed by atoms with van der Waals surface area (Å²) in [4.78, 5) is 49.1. The molecule has 6 atom stereocenters. The number of halogens is 2.